The summed E-state index contributed by atoms with van der Waals surface area (Å²) in [5.41, 5.74) is 3.45. The molecule has 0 radical (unpaired) electrons. The molecule has 0 bridgehead atoms. The zero-order valence-corrected chi connectivity index (χ0v) is 16.5. The number of nitrogens with zero attached hydrogens (tertiary/aromatic N) is 4. The molecule has 7 nitrogen and oxygen atoms in total. The van der Waals surface area contributed by atoms with Crippen molar-refractivity contribution < 1.29 is 9.53 Å². The highest BCUT2D eigenvalue weighted by Crippen LogP contribution is 2.26. The lowest BCUT2D eigenvalue weighted by Gasteiger charge is -2.19. The van der Waals surface area contributed by atoms with Crippen LogP contribution in [0.15, 0.2) is 84.9 Å². The van der Waals surface area contributed by atoms with Crippen molar-refractivity contribution in [3.05, 3.63) is 96.1 Å². The Kier molecular flexibility index (Phi) is 5.91. The van der Waals surface area contributed by atoms with E-state index < -0.39 is 0 Å². The molecule has 0 aliphatic rings. The lowest BCUT2D eigenvalue weighted by Crippen LogP contribution is -2.20. The third-order valence-electron chi connectivity index (χ3n) is 4.61. The highest BCUT2D eigenvalue weighted by atomic mass is 16.5. The Hall–Kier alpha value is -3.84. The van der Waals surface area contributed by atoms with Gasteiger partial charge in [0.2, 0.25) is 5.91 Å². The predicted molar refractivity (Wildman–Crippen MR) is 114 cm³/mol. The molecular weight excluding hydrogens is 378 g/mol. The van der Waals surface area contributed by atoms with Gasteiger partial charge in [-0.2, -0.15) is 0 Å². The van der Waals surface area contributed by atoms with Crippen LogP contribution in [0.25, 0.3) is 11.4 Å². The second-order valence-electron chi connectivity index (χ2n) is 6.77. The Morgan fingerprint density at radius 2 is 1.63 bits per heavy atom. The Morgan fingerprint density at radius 3 is 2.23 bits per heavy atom. The summed E-state index contributed by atoms with van der Waals surface area (Å²) in [6.07, 6.45) is -0.325. The van der Waals surface area contributed by atoms with Gasteiger partial charge in [-0.25, -0.2) is 4.68 Å². The fraction of sp³-hybridized carbons (Fsp3) is 0.130. The molecule has 7 heteroatoms. The highest BCUT2D eigenvalue weighted by molar-refractivity contribution is 5.92. The number of tetrazole rings is 1. The summed E-state index contributed by atoms with van der Waals surface area (Å²) >= 11 is 0. The number of amides is 1. The van der Waals surface area contributed by atoms with Crippen molar-refractivity contribution in [1.29, 1.82) is 0 Å². The van der Waals surface area contributed by atoms with Crippen LogP contribution < -0.4 is 5.32 Å². The van der Waals surface area contributed by atoms with Crippen LogP contribution in [-0.2, 0) is 16.6 Å². The SMILES string of the molecule is Cn1nnnc1-c1cccc(NC(=O)COC(c2ccccc2)c2ccccc2)c1. The van der Waals surface area contributed by atoms with E-state index in [0.717, 1.165) is 16.7 Å². The molecule has 0 unspecified atom stereocenters. The maximum Gasteiger partial charge on any atom is 0.250 e. The summed E-state index contributed by atoms with van der Waals surface area (Å²) in [7, 11) is 1.77. The number of carbonyl (C=O) groups is 1. The molecule has 1 aromatic heterocycles. The number of benzene rings is 3. The van der Waals surface area contributed by atoms with E-state index in [1.54, 1.807) is 11.7 Å². The molecule has 0 fully saturated rings. The quantitative estimate of drug-likeness (QED) is 0.513. The number of carbonyl (C=O) groups excluding carboxylic acids is 1. The van der Waals surface area contributed by atoms with Gasteiger partial charge >= 0.3 is 0 Å². The van der Waals surface area contributed by atoms with Crippen molar-refractivity contribution in [3.8, 4) is 11.4 Å². The maximum atomic E-state index is 12.6. The summed E-state index contributed by atoms with van der Waals surface area (Å²) < 4.78 is 7.60. The number of ether oxygens (including phenoxy) is 1. The van der Waals surface area contributed by atoms with Gasteiger partial charge in [0, 0.05) is 18.3 Å². The summed E-state index contributed by atoms with van der Waals surface area (Å²) in [5, 5.41) is 14.4. The van der Waals surface area contributed by atoms with E-state index in [9.17, 15) is 4.79 Å². The lowest BCUT2D eigenvalue weighted by atomic mass is 10.0. The van der Waals surface area contributed by atoms with Crippen molar-refractivity contribution in [2.75, 3.05) is 11.9 Å². The molecule has 0 aliphatic carbocycles. The molecule has 150 valence electrons. The number of aryl methyl sites for hydroxylation is 1. The van der Waals surface area contributed by atoms with Gasteiger partial charge in [-0.1, -0.05) is 72.8 Å². The van der Waals surface area contributed by atoms with Crippen molar-refractivity contribution >= 4 is 11.6 Å². The number of nitrogens with one attached hydrogen (secondary N) is 1. The van der Waals surface area contributed by atoms with Crippen LogP contribution in [0.2, 0.25) is 0 Å². The van der Waals surface area contributed by atoms with E-state index in [0.29, 0.717) is 11.5 Å². The zero-order chi connectivity index (χ0) is 20.8. The van der Waals surface area contributed by atoms with E-state index in [-0.39, 0.29) is 18.6 Å². The Morgan fingerprint density at radius 1 is 0.967 bits per heavy atom. The fourth-order valence-electron chi connectivity index (χ4n) is 3.21. The smallest absolute Gasteiger partial charge is 0.250 e. The van der Waals surface area contributed by atoms with Gasteiger partial charge in [0.15, 0.2) is 5.82 Å². The first kappa shape index (κ1) is 19.5. The topological polar surface area (TPSA) is 81.9 Å². The number of anilines is 1. The van der Waals surface area contributed by atoms with E-state index in [1.807, 2.05) is 84.9 Å². The Labute approximate surface area is 174 Å². The van der Waals surface area contributed by atoms with Crippen molar-refractivity contribution in [1.82, 2.24) is 20.2 Å². The second-order valence-corrected chi connectivity index (χ2v) is 6.77. The largest absolute Gasteiger partial charge is 0.359 e. The minimum absolute atomic E-state index is 0.0792. The van der Waals surface area contributed by atoms with Crippen molar-refractivity contribution in [3.63, 3.8) is 0 Å². The van der Waals surface area contributed by atoms with E-state index in [1.165, 1.54) is 0 Å². The monoisotopic (exact) mass is 399 g/mol. The highest BCUT2D eigenvalue weighted by Gasteiger charge is 2.16. The van der Waals surface area contributed by atoms with Crippen LogP contribution in [0.4, 0.5) is 5.69 Å². The minimum atomic E-state index is -0.325. The molecule has 1 heterocycles. The molecule has 0 spiro atoms. The molecule has 4 rings (SSSR count). The summed E-state index contributed by atoms with van der Waals surface area (Å²) in [6.45, 7) is -0.0792. The van der Waals surface area contributed by atoms with E-state index >= 15 is 0 Å². The number of rotatable bonds is 7. The first-order chi connectivity index (χ1) is 14.7. The van der Waals surface area contributed by atoms with Crippen LogP contribution in [-0.4, -0.2) is 32.7 Å². The van der Waals surface area contributed by atoms with Gasteiger partial charge in [-0.15, -0.1) is 5.10 Å². The number of aromatic nitrogens is 4. The van der Waals surface area contributed by atoms with Crippen LogP contribution in [0.5, 0.6) is 0 Å². The minimum Gasteiger partial charge on any atom is -0.359 e. The van der Waals surface area contributed by atoms with Crippen molar-refractivity contribution in [2.45, 2.75) is 6.10 Å². The molecule has 3 aromatic carbocycles. The standard InChI is InChI=1S/C23H21N5O2/c1-28-23(25-26-27-28)19-13-8-14-20(15-19)24-21(29)16-30-22(17-9-4-2-5-10-17)18-11-6-3-7-12-18/h2-15,22H,16H2,1H3,(H,24,29). The van der Waals surface area contributed by atoms with E-state index in [4.69, 9.17) is 4.74 Å². The third-order valence-corrected chi connectivity index (χ3v) is 4.61. The fourth-order valence-corrected chi connectivity index (χ4v) is 3.21. The summed E-state index contributed by atoms with van der Waals surface area (Å²) in [6, 6.07) is 27.1. The zero-order valence-electron chi connectivity index (χ0n) is 16.5. The molecule has 4 aromatic rings. The summed E-state index contributed by atoms with van der Waals surface area (Å²) in [5.74, 6) is 0.385. The van der Waals surface area contributed by atoms with Gasteiger partial charge in [-0.3, -0.25) is 4.79 Å². The maximum absolute atomic E-state index is 12.6. The van der Waals surface area contributed by atoms with Gasteiger partial charge in [0.25, 0.3) is 0 Å². The van der Waals surface area contributed by atoms with Crippen molar-refractivity contribution in [2.24, 2.45) is 7.05 Å². The first-order valence-corrected chi connectivity index (χ1v) is 9.55. The van der Waals surface area contributed by atoms with Crippen LogP contribution >= 0.6 is 0 Å². The predicted octanol–water partition coefficient (Wildman–Crippen LogP) is 3.62. The Balaban J connectivity index is 1.45. The van der Waals surface area contributed by atoms with Crippen LogP contribution in [0, 0.1) is 0 Å². The van der Waals surface area contributed by atoms with E-state index in [2.05, 4.69) is 20.8 Å². The molecule has 1 amide bonds. The average molecular weight is 399 g/mol. The molecule has 1 N–H and O–H groups in total. The molecular formula is C23H21N5O2. The number of hydrogen-bond acceptors (Lipinski definition) is 5. The van der Waals surface area contributed by atoms with Gasteiger partial charge in [-0.05, 0) is 33.7 Å². The molecule has 30 heavy (non-hydrogen) atoms. The van der Waals surface area contributed by atoms with Crippen LogP contribution in [0.1, 0.15) is 17.2 Å². The lowest BCUT2D eigenvalue weighted by molar-refractivity contribution is -0.121. The molecule has 0 atom stereocenters. The average Bonchev–Trinajstić information content (AvgIpc) is 3.21. The summed E-state index contributed by atoms with van der Waals surface area (Å²) in [4.78, 5) is 12.6. The first-order valence-electron chi connectivity index (χ1n) is 9.55. The van der Waals surface area contributed by atoms with Crippen LogP contribution in [0.3, 0.4) is 0 Å². The third kappa shape index (κ3) is 4.59. The Bertz CT molecular complexity index is 1070. The van der Waals surface area contributed by atoms with Gasteiger partial charge in [0.05, 0.1) is 0 Å². The molecule has 0 saturated carbocycles. The van der Waals surface area contributed by atoms with Gasteiger partial charge in [0.1, 0.15) is 12.7 Å². The molecule has 0 aliphatic heterocycles. The second kappa shape index (κ2) is 9.11. The normalized spacial score (nSPS) is 10.9. The molecule has 0 saturated heterocycles. The number of hydrogen-bond donors (Lipinski definition) is 1. The van der Waals surface area contributed by atoms with Gasteiger partial charge < -0.3 is 10.1 Å².